The molecule has 1 amide bonds. The van der Waals surface area contributed by atoms with Gasteiger partial charge < -0.3 is 15.2 Å². The van der Waals surface area contributed by atoms with E-state index in [2.05, 4.69) is 10.3 Å². The Labute approximate surface area is 150 Å². The highest BCUT2D eigenvalue weighted by atomic mass is 32.1. The van der Waals surface area contributed by atoms with E-state index in [1.807, 2.05) is 5.38 Å². The molecule has 2 N–H and O–H groups in total. The van der Waals surface area contributed by atoms with Crippen LogP contribution in [0.5, 0.6) is 0 Å². The summed E-state index contributed by atoms with van der Waals surface area (Å²) in [6.45, 7) is 0.912. The third-order valence-corrected chi connectivity index (χ3v) is 4.46. The summed E-state index contributed by atoms with van der Waals surface area (Å²) in [5.41, 5.74) is 1.85. The van der Waals surface area contributed by atoms with Gasteiger partial charge in [0.05, 0.1) is 18.9 Å². The Morgan fingerprint density at radius 1 is 1.24 bits per heavy atom. The van der Waals surface area contributed by atoms with Gasteiger partial charge >= 0.3 is 0 Å². The predicted molar refractivity (Wildman–Crippen MR) is 94.7 cm³/mol. The van der Waals surface area contributed by atoms with Crippen LogP contribution in [0.25, 0.3) is 0 Å². The van der Waals surface area contributed by atoms with Crippen LogP contribution in [0.15, 0.2) is 29.6 Å². The minimum Gasteiger partial charge on any atom is -0.389 e. The van der Waals surface area contributed by atoms with Crippen LogP contribution in [0.4, 0.5) is 4.39 Å². The van der Waals surface area contributed by atoms with Crippen molar-refractivity contribution in [3.05, 3.63) is 51.7 Å². The molecule has 0 bridgehead atoms. The van der Waals surface area contributed by atoms with Crippen molar-refractivity contribution < 1.29 is 19.0 Å². The lowest BCUT2D eigenvalue weighted by Crippen LogP contribution is -2.28. The van der Waals surface area contributed by atoms with Crippen molar-refractivity contribution >= 4 is 17.2 Å². The van der Waals surface area contributed by atoms with Crippen molar-refractivity contribution in [2.45, 2.75) is 38.9 Å². The summed E-state index contributed by atoms with van der Waals surface area (Å²) in [5, 5.41) is 14.5. The number of aromatic nitrogens is 1. The van der Waals surface area contributed by atoms with E-state index in [0.717, 1.165) is 41.9 Å². The molecule has 25 heavy (non-hydrogen) atoms. The van der Waals surface area contributed by atoms with Crippen LogP contribution in [0.3, 0.4) is 0 Å². The number of nitrogens with one attached hydrogen (secondary N) is 1. The average molecular weight is 366 g/mol. The van der Waals surface area contributed by atoms with Gasteiger partial charge in [0.25, 0.3) is 0 Å². The van der Waals surface area contributed by atoms with Crippen molar-refractivity contribution in [1.29, 1.82) is 0 Å². The Bertz CT molecular complexity index is 646. The van der Waals surface area contributed by atoms with Gasteiger partial charge in [0.1, 0.15) is 17.4 Å². The number of halogens is 1. The second-order valence-corrected chi connectivity index (χ2v) is 6.61. The Morgan fingerprint density at radius 2 is 2.04 bits per heavy atom. The zero-order valence-electron chi connectivity index (χ0n) is 14.0. The smallest absolute Gasteiger partial charge is 0.246 e. The molecule has 5 nitrogen and oxygen atoms in total. The molecular formula is C18H23FN2O3S. The van der Waals surface area contributed by atoms with Crippen LogP contribution in [0.1, 0.15) is 35.5 Å². The first-order valence-electron chi connectivity index (χ1n) is 8.30. The number of amides is 1. The molecule has 0 atom stereocenters. The predicted octanol–water partition coefficient (Wildman–Crippen LogP) is 2.82. The monoisotopic (exact) mass is 366 g/mol. The fraction of sp³-hybridized carbons (Fsp3) is 0.444. The van der Waals surface area contributed by atoms with E-state index in [1.54, 1.807) is 12.1 Å². The number of aliphatic hydroxyl groups excluding tert-OH is 1. The van der Waals surface area contributed by atoms with Gasteiger partial charge in [-0.3, -0.25) is 4.79 Å². The Morgan fingerprint density at radius 3 is 2.76 bits per heavy atom. The molecular weight excluding hydrogens is 343 g/mol. The van der Waals surface area contributed by atoms with Crippen molar-refractivity contribution in [2.24, 2.45) is 0 Å². The normalized spacial score (nSPS) is 10.8. The number of hydrogen-bond donors (Lipinski definition) is 2. The molecule has 2 aromatic rings. The Balaban J connectivity index is 1.47. The molecule has 0 aliphatic carbocycles. The van der Waals surface area contributed by atoms with Crippen LogP contribution in [-0.4, -0.2) is 29.1 Å². The number of hydrogen-bond acceptors (Lipinski definition) is 5. The second-order valence-electron chi connectivity index (χ2n) is 5.67. The van der Waals surface area contributed by atoms with Crippen molar-refractivity contribution in [3.63, 3.8) is 0 Å². The van der Waals surface area contributed by atoms with E-state index in [9.17, 15) is 9.18 Å². The van der Waals surface area contributed by atoms with Gasteiger partial charge in [-0.1, -0.05) is 18.6 Å². The molecule has 7 heteroatoms. The Kier molecular flexibility index (Phi) is 8.51. The maximum Gasteiger partial charge on any atom is 0.246 e. The zero-order chi connectivity index (χ0) is 17.9. The molecule has 0 fully saturated rings. The lowest BCUT2D eigenvalue weighted by Gasteiger charge is -2.06. The lowest BCUT2D eigenvalue weighted by molar-refractivity contribution is -0.126. The minimum absolute atomic E-state index is 0.0000704. The first-order valence-corrected chi connectivity index (χ1v) is 9.18. The zero-order valence-corrected chi connectivity index (χ0v) is 14.9. The lowest BCUT2D eigenvalue weighted by atomic mass is 10.1. The summed E-state index contributed by atoms with van der Waals surface area (Å²) in [6.07, 6.45) is 3.81. The number of carbonyl (C=O) groups excluding carboxylic acids is 1. The van der Waals surface area contributed by atoms with E-state index in [0.29, 0.717) is 6.54 Å². The third-order valence-electron chi connectivity index (χ3n) is 3.58. The number of carbonyl (C=O) groups is 1. The standard InChI is InChI=1S/C18H23FN2O3S/c19-15-7-5-14(6-8-15)11-24-12-17(23)20-9-3-1-2-4-16-13-25-18(10-22)21-16/h5-8,13,22H,1-4,9-12H2,(H,20,23). The molecule has 0 aliphatic rings. The van der Waals surface area contributed by atoms with E-state index in [-0.39, 0.29) is 31.5 Å². The molecule has 0 unspecified atom stereocenters. The summed E-state index contributed by atoms with van der Waals surface area (Å²) in [5.74, 6) is -0.431. The summed E-state index contributed by atoms with van der Waals surface area (Å²) in [4.78, 5) is 15.9. The van der Waals surface area contributed by atoms with Gasteiger partial charge in [-0.2, -0.15) is 0 Å². The second kappa shape index (κ2) is 10.9. The number of nitrogens with zero attached hydrogens (tertiary/aromatic N) is 1. The third kappa shape index (κ3) is 7.72. The van der Waals surface area contributed by atoms with Gasteiger partial charge in [-0.05, 0) is 37.0 Å². The molecule has 0 radical (unpaired) electrons. The van der Waals surface area contributed by atoms with Crippen LogP contribution >= 0.6 is 11.3 Å². The van der Waals surface area contributed by atoms with E-state index in [1.165, 1.54) is 23.5 Å². The van der Waals surface area contributed by atoms with Gasteiger partial charge in [0.15, 0.2) is 0 Å². The van der Waals surface area contributed by atoms with Gasteiger partial charge in [-0.25, -0.2) is 9.37 Å². The number of ether oxygens (including phenoxy) is 1. The first-order chi connectivity index (χ1) is 12.2. The number of rotatable bonds is 11. The molecule has 1 aromatic heterocycles. The summed E-state index contributed by atoms with van der Waals surface area (Å²) in [6, 6.07) is 6.02. The first kappa shape index (κ1) is 19.5. The minimum atomic E-state index is -0.287. The molecule has 2 rings (SSSR count). The fourth-order valence-corrected chi connectivity index (χ4v) is 2.95. The van der Waals surface area contributed by atoms with Gasteiger partial charge in [0, 0.05) is 11.9 Å². The molecule has 136 valence electrons. The number of aryl methyl sites for hydroxylation is 1. The Hall–Kier alpha value is -1.83. The van der Waals surface area contributed by atoms with Crippen LogP contribution in [-0.2, 0) is 29.2 Å². The van der Waals surface area contributed by atoms with Crippen molar-refractivity contribution in [3.8, 4) is 0 Å². The van der Waals surface area contributed by atoms with E-state index >= 15 is 0 Å². The van der Waals surface area contributed by atoms with Gasteiger partial charge in [0.2, 0.25) is 5.91 Å². The number of unbranched alkanes of at least 4 members (excludes halogenated alkanes) is 2. The number of thiazole rings is 1. The van der Waals surface area contributed by atoms with Crippen molar-refractivity contribution in [2.75, 3.05) is 13.2 Å². The molecule has 0 saturated heterocycles. The highest BCUT2D eigenvalue weighted by Gasteiger charge is 2.03. The molecule has 1 aromatic carbocycles. The van der Waals surface area contributed by atoms with Crippen molar-refractivity contribution in [1.82, 2.24) is 10.3 Å². The molecule has 0 saturated carbocycles. The molecule has 0 spiro atoms. The maximum atomic E-state index is 12.8. The highest BCUT2D eigenvalue weighted by molar-refractivity contribution is 7.09. The average Bonchev–Trinajstić information content (AvgIpc) is 3.08. The quantitative estimate of drug-likeness (QED) is 0.600. The van der Waals surface area contributed by atoms with Gasteiger partial charge in [-0.15, -0.1) is 11.3 Å². The molecule has 0 aliphatic heterocycles. The van der Waals surface area contributed by atoms with E-state index < -0.39 is 0 Å². The summed E-state index contributed by atoms with van der Waals surface area (Å²) < 4.78 is 18.1. The maximum absolute atomic E-state index is 12.8. The van der Waals surface area contributed by atoms with Crippen LogP contribution in [0.2, 0.25) is 0 Å². The number of aliphatic hydroxyl groups is 1. The summed E-state index contributed by atoms with van der Waals surface area (Å²) in [7, 11) is 0. The topological polar surface area (TPSA) is 71.5 Å². The SMILES string of the molecule is O=C(COCc1ccc(F)cc1)NCCCCCc1csc(CO)n1. The highest BCUT2D eigenvalue weighted by Crippen LogP contribution is 2.12. The largest absolute Gasteiger partial charge is 0.389 e. The van der Waals surface area contributed by atoms with Crippen LogP contribution in [0, 0.1) is 5.82 Å². The summed E-state index contributed by atoms with van der Waals surface area (Å²) >= 11 is 1.48. The fourth-order valence-electron chi connectivity index (χ4n) is 2.27. The molecule has 1 heterocycles. The van der Waals surface area contributed by atoms with E-state index in [4.69, 9.17) is 9.84 Å². The number of benzene rings is 1. The van der Waals surface area contributed by atoms with Crippen LogP contribution < -0.4 is 5.32 Å².